The number of amides is 1. The molecule has 0 saturated carbocycles. The number of pyridine rings is 1. The molecule has 0 radical (unpaired) electrons. The maximum absolute atomic E-state index is 13.8. The summed E-state index contributed by atoms with van der Waals surface area (Å²) in [5.41, 5.74) is 5.30. The highest BCUT2D eigenvalue weighted by Gasteiger charge is 2.20. The molecule has 1 amide bonds. The van der Waals surface area contributed by atoms with Crippen molar-refractivity contribution >= 4 is 36.0 Å². The van der Waals surface area contributed by atoms with E-state index in [-0.39, 0.29) is 36.6 Å². The van der Waals surface area contributed by atoms with Crippen LogP contribution in [0.1, 0.15) is 33.4 Å². The molecule has 1 aromatic heterocycles. The first-order valence-electron chi connectivity index (χ1n) is 17.2. The molecule has 0 aliphatic carbocycles. The third kappa shape index (κ3) is 11.0. The topological polar surface area (TPSA) is 64.1 Å². The van der Waals surface area contributed by atoms with Gasteiger partial charge >= 0.3 is 0 Å². The number of aromatic nitrogens is 1. The van der Waals surface area contributed by atoms with Crippen LogP contribution < -0.4 is 14.2 Å². The second kappa shape index (κ2) is 18.7. The zero-order chi connectivity index (χ0) is 36.5. The van der Waals surface area contributed by atoms with E-state index in [1.165, 1.54) is 29.3 Å². The van der Waals surface area contributed by atoms with Crippen LogP contribution in [0.5, 0.6) is 23.1 Å². The van der Waals surface area contributed by atoms with Crippen molar-refractivity contribution < 1.29 is 27.8 Å². The number of aryl methyl sites for hydroxylation is 1. The van der Waals surface area contributed by atoms with E-state index >= 15 is 0 Å². The molecule has 53 heavy (non-hydrogen) atoms. The van der Waals surface area contributed by atoms with Gasteiger partial charge in [-0.15, -0.1) is 12.4 Å². The minimum atomic E-state index is -0.277. The molecule has 1 fully saturated rings. The highest BCUT2D eigenvalue weighted by molar-refractivity contribution is 6.32. The minimum absolute atomic E-state index is 0. The first-order chi connectivity index (χ1) is 25.2. The summed E-state index contributed by atoms with van der Waals surface area (Å²) in [6.07, 6.45) is 5.67. The lowest BCUT2D eigenvalue weighted by Gasteiger charge is -2.34. The third-order valence-corrected chi connectivity index (χ3v) is 9.23. The van der Waals surface area contributed by atoms with Crippen LogP contribution in [0.15, 0.2) is 103 Å². The molecule has 7 nitrogen and oxygen atoms in total. The Bertz CT molecular complexity index is 1980. The molecular formula is C42H41Cl2F2N3O4. The number of carbonyl (C=O) groups is 1. The minimum Gasteiger partial charge on any atom is -0.493 e. The molecule has 4 aromatic carbocycles. The SMILES string of the molecule is Cc1cc(/C=C/C(=O)N2CCN(Cc3ccc(CCOc4ccc(F)cc4)cc3)CC2)cc(Cl)c1Oc1ccc(OCc2cccc(F)c2C)cn1.Cl. The molecule has 6 rings (SSSR count). The summed E-state index contributed by atoms with van der Waals surface area (Å²) < 4.78 is 44.4. The normalized spacial score (nSPS) is 13.1. The first-order valence-corrected chi connectivity index (χ1v) is 17.5. The van der Waals surface area contributed by atoms with Gasteiger partial charge in [0, 0.05) is 51.3 Å². The average Bonchev–Trinajstić information content (AvgIpc) is 3.15. The van der Waals surface area contributed by atoms with Crippen molar-refractivity contribution in [1.29, 1.82) is 0 Å². The lowest BCUT2D eigenvalue weighted by molar-refractivity contribution is -0.127. The van der Waals surface area contributed by atoms with Gasteiger partial charge in [0.05, 0.1) is 17.8 Å². The predicted molar refractivity (Wildman–Crippen MR) is 206 cm³/mol. The number of hydrogen-bond acceptors (Lipinski definition) is 6. The molecule has 2 heterocycles. The van der Waals surface area contributed by atoms with Gasteiger partial charge < -0.3 is 19.1 Å². The highest BCUT2D eigenvalue weighted by atomic mass is 35.5. The Labute approximate surface area is 320 Å². The van der Waals surface area contributed by atoms with Gasteiger partial charge in [0.25, 0.3) is 0 Å². The molecule has 276 valence electrons. The smallest absolute Gasteiger partial charge is 0.246 e. The molecule has 5 aromatic rings. The fourth-order valence-electron chi connectivity index (χ4n) is 5.86. The largest absolute Gasteiger partial charge is 0.493 e. The number of halogens is 4. The number of benzene rings is 4. The van der Waals surface area contributed by atoms with Gasteiger partial charge in [0.1, 0.15) is 29.7 Å². The fourth-order valence-corrected chi connectivity index (χ4v) is 6.17. The van der Waals surface area contributed by atoms with Crippen molar-refractivity contribution in [3.05, 3.63) is 153 Å². The summed E-state index contributed by atoms with van der Waals surface area (Å²) in [4.78, 5) is 21.6. The molecule has 1 aliphatic heterocycles. The van der Waals surface area contributed by atoms with Crippen LogP contribution in [-0.4, -0.2) is 53.5 Å². The maximum atomic E-state index is 13.8. The van der Waals surface area contributed by atoms with Crippen molar-refractivity contribution in [3.8, 4) is 23.1 Å². The number of hydrogen-bond donors (Lipinski definition) is 0. The summed E-state index contributed by atoms with van der Waals surface area (Å²) in [6, 6.07) is 26.5. The Balaban J connectivity index is 0.00000541. The van der Waals surface area contributed by atoms with Gasteiger partial charge in [-0.3, -0.25) is 9.69 Å². The van der Waals surface area contributed by atoms with Crippen LogP contribution in [0.25, 0.3) is 6.08 Å². The van der Waals surface area contributed by atoms with E-state index in [0.717, 1.165) is 42.7 Å². The van der Waals surface area contributed by atoms with Gasteiger partial charge in [-0.25, -0.2) is 13.8 Å². The van der Waals surface area contributed by atoms with Crippen molar-refractivity contribution in [2.75, 3.05) is 32.8 Å². The molecule has 1 aliphatic rings. The summed E-state index contributed by atoms with van der Waals surface area (Å²) in [7, 11) is 0. The van der Waals surface area contributed by atoms with Crippen LogP contribution >= 0.6 is 24.0 Å². The highest BCUT2D eigenvalue weighted by Crippen LogP contribution is 2.34. The fraction of sp³-hybridized carbons (Fsp3) is 0.238. The Morgan fingerprint density at radius 3 is 2.28 bits per heavy atom. The van der Waals surface area contributed by atoms with Crippen LogP contribution in [0.3, 0.4) is 0 Å². The van der Waals surface area contributed by atoms with E-state index in [1.807, 2.05) is 24.0 Å². The average molecular weight is 761 g/mol. The standard InChI is InChI=1S/C42H40ClF2N3O4.ClH/c1-29-24-33(25-38(43)42(29)52-40-16-15-37(26-46-40)51-28-34-4-3-5-39(45)30(34)2)10-17-41(49)48-21-19-47(20-22-48)27-32-8-6-31(7-9-32)18-23-50-36-13-11-35(44)12-14-36;/h3-17,24-26H,18-23,27-28H2,1-2H3;1H/b17-10+;. The number of carbonyl (C=O) groups excluding carboxylic acids is 1. The zero-order valence-corrected chi connectivity index (χ0v) is 31.1. The number of rotatable bonds is 13. The van der Waals surface area contributed by atoms with Crippen LogP contribution in [0, 0.1) is 25.5 Å². The van der Waals surface area contributed by atoms with Gasteiger partial charge in [0.15, 0.2) is 5.75 Å². The molecule has 0 unspecified atom stereocenters. The van der Waals surface area contributed by atoms with Crippen LogP contribution in [0.2, 0.25) is 5.02 Å². The van der Waals surface area contributed by atoms with E-state index in [0.29, 0.717) is 53.4 Å². The van der Waals surface area contributed by atoms with E-state index in [2.05, 4.69) is 34.1 Å². The van der Waals surface area contributed by atoms with Crippen LogP contribution in [0.4, 0.5) is 8.78 Å². The summed E-state index contributed by atoms with van der Waals surface area (Å²) >= 11 is 6.61. The van der Waals surface area contributed by atoms with Crippen molar-refractivity contribution in [2.24, 2.45) is 0 Å². The first kappa shape index (κ1) is 39.3. The Morgan fingerprint density at radius 1 is 0.868 bits per heavy atom. The Hall–Kier alpha value is -4.96. The molecule has 1 saturated heterocycles. The van der Waals surface area contributed by atoms with Crippen molar-refractivity contribution in [1.82, 2.24) is 14.8 Å². The Kier molecular flexibility index (Phi) is 13.8. The van der Waals surface area contributed by atoms with Gasteiger partial charge in [0.2, 0.25) is 11.8 Å². The second-order valence-corrected chi connectivity index (χ2v) is 13.1. The van der Waals surface area contributed by atoms with E-state index < -0.39 is 0 Å². The van der Waals surface area contributed by atoms with E-state index in [1.54, 1.807) is 61.7 Å². The molecule has 11 heteroatoms. The lowest BCUT2D eigenvalue weighted by atomic mass is 10.1. The van der Waals surface area contributed by atoms with Crippen molar-refractivity contribution in [3.63, 3.8) is 0 Å². The van der Waals surface area contributed by atoms with Gasteiger partial charge in [-0.1, -0.05) is 48.0 Å². The van der Waals surface area contributed by atoms with Crippen LogP contribution in [-0.2, 0) is 24.4 Å². The predicted octanol–water partition coefficient (Wildman–Crippen LogP) is 9.40. The number of ether oxygens (including phenoxy) is 3. The summed E-state index contributed by atoms with van der Waals surface area (Å²) in [6.45, 7) is 8.05. The van der Waals surface area contributed by atoms with Gasteiger partial charge in [-0.2, -0.15) is 0 Å². The molecule has 0 N–H and O–H groups in total. The number of piperazine rings is 1. The molecule has 0 spiro atoms. The van der Waals surface area contributed by atoms with Gasteiger partial charge in [-0.05, 0) is 102 Å². The molecular weight excluding hydrogens is 719 g/mol. The zero-order valence-electron chi connectivity index (χ0n) is 29.6. The maximum Gasteiger partial charge on any atom is 0.246 e. The van der Waals surface area contributed by atoms with E-state index in [9.17, 15) is 13.6 Å². The molecule has 0 bridgehead atoms. The van der Waals surface area contributed by atoms with E-state index in [4.69, 9.17) is 25.8 Å². The molecule has 0 atom stereocenters. The second-order valence-electron chi connectivity index (χ2n) is 12.7. The monoisotopic (exact) mass is 759 g/mol. The Morgan fingerprint density at radius 2 is 1.58 bits per heavy atom. The quantitative estimate of drug-likeness (QED) is 0.112. The van der Waals surface area contributed by atoms with Crippen molar-refractivity contribution in [2.45, 2.75) is 33.4 Å². The number of nitrogens with zero attached hydrogens (tertiary/aromatic N) is 3. The summed E-state index contributed by atoms with van der Waals surface area (Å²) in [5.74, 6) is 1.42. The lowest BCUT2D eigenvalue weighted by Crippen LogP contribution is -2.47. The summed E-state index contributed by atoms with van der Waals surface area (Å²) in [5, 5.41) is 0.399. The third-order valence-electron chi connectivity index (χ3n) is 8.95.